The average molecular weight is 349 g/mol. The molecule has 1 aromatic heterocycles. The SMILES string of the molecule is Cc1cc2c(C)c(Cc3ccc(Cl)c(Cl)c3)c(=O)oc2cc1O. The zero-order valence-corrected chi connectivity index (χ0v) is 14.1. The van der Waals surface area contributed by atoms with Crippen molar-refractivity contribution >= 4 is 34.2 Å². The number of benzene rings is 2. The summed E-state index contributed by atoms with van der Waals surface area (Å²) < 4.78 is 5.36. The van der Waals surface area contributed by atoms with Gasteiger partial charge < -0.3 is 9.52 Å². The number of hydrogen-bond donors (Lipinski definition) is 1. The third-order valence-electron chi connectivity index (χ3n) is 3.97. The highest BCUT2D eigenvalue weighted by atomic mass is 35.5. The van der Waals surface area contributed by atoms with E-state index >= 15 is 0 Å². The number of rotatable bonds is 2. The molecule has 0 unspecified atom stereocenters. The quantitative estimate of drug-likeness (QED) is 0.662. The fourth-order valence-corrected chi connectivity index (χ4v) is 2.91. The second-order valence-corrected chi connectivity index (χ2v) is 6.37. The van der Waals surface area contributed by atoms with E-state index in [4.69, 9.17) is 27.6 Å². The van der Waals surface area contributed by atoms with Gasteiger partial charge in [-0.05, 0) is 48.7 Å². The van der Waals surface area contributed by atoms with Crippen molar-refractivity contribution in [1.82, 2.24) is 0 Å². The Bertz CT molecular complexity index is 974. The second-order valence-electron chi connectivity index (χ2n) is 5.55. The number of fused-ring (bicyclic) bond motifs is 1. The summed E-state index contributed by atoms with van der Waals surface area (Å²) in [6.07, 6.45) is 0.404. The van der Waals surface area contributed by atoms with E-state index < -0.39 is 5.63 Å². The van der Waals surface area contributed by atoms with Gasteiger partial charge in [-0.2, -0.15) is 0 Å². The summed E-state index contributed by atoms with van der Waals surface area (Å²) in [4.78, 5) is 12.3. The van der Waals surface area contributed by atoms with Crippen molar-refractivity contribution in [3.8, 4) is 5.75 Å². The van der Waals surface area contributed by atoms with Crippen LogP contribution in [-0.4, -0.2) is 5.11 Å². The van der Waals surface area contributed by atoms with Gasteiger partial charge in [0.25, 0.3) is 0 Å². The van der Waals surface area contributed by atoms with E-state index in [-0.39, 0.29) is 5.75 Å². The van der Waals surface area contributed by atoms with Gasteiger partial charge in [0.05, 0.1) is 10.0 Å². The maximum absolute atomic E-state index is 12.3. The van der Waals surface area contributed by atoms with Gasteiger partial charge in [0.1, 0.15) is 11.3 Å². The number of halogens is 2. The van der Waals surface area contributed by atoms with Crippen molar-refractivity contribution in [2.24, 2.45) is 0 Å². The first kappa shape index (κ1) is 15.9. The monoisotopic (exact) mass is 348 g/mol. The molecule has 0 saturated heterocycles. The van der Waals surface area contributed by atoms with E-state index in [9.17, 15) is 9.90 Å². The molecule has 0 radical (unpaired) electrons. The molecule has 3 aromatic rings. The Balaban J connectivity index is 2.15. The smallest absolute Gasteiger partial charge is 0.340 e. The van der Waals surface area contributed by atoms with Crippen LogP contribution < -0.4 is 5.63 Å². The number of phenolic OH excluding ortho intramolecular Hbond substituents is 1. The minimum absolute atomic E-state index is 0.109. The molecular weight excluding hydrogens is 335 g/mol. The normalized spacial score (nSPS) is 11.1. The summed E-state index contributed by atoms with van der Waals surface area (Å²) in [5, 5.41) is 11.5. The van der Waals surface area contributed by atoms with Crippen molar-refractivity contribution < 1.29 is 9.52 Å². The predicted octanol–water partition coefficient (Wildman–Crippen LogP) is 5.01. The fourth-order valence-electron chi connectivity index (χ4n) is 2.59. The lowest BCUT2D eigenvalue weighted by Crippen LogP contribution is -2.11. The van der Waals surface area contributed by atoms with E-state index in [1.807, 2.05) is 19.1 Å². The Kier molecular flexibility index (Phi) is 4.09. The predicted molar refractivity (Wildman–Crippen MR) is 92.9 cm³/mol. The van der Waals surface area contributed by atoms with Crippen molar-refractivity contribution in [2.75, 3.05) is 0 Å². The fraction of sp³-hybridized carbons (Fsp3) is 0.167. The van der Waals surface area contributed by atoms with Crippen LogP contribution in [-0.2, 0) is 6.42 Å². The van der Waals surface area contributed by atoms with E-state index in [0.29, 0.717) is 27.6 Å². The van der Waals surface area contributed by atoms with Gasteiger partial charge in [-0.15, -0.1) is 0 Å². The summed E-state index contributed by atoms with van der Waals surface area (Å²) in [6, 6.07) is 8.58. The van der Waals surface area contributed by atoms with Gasteiger partial charge >= 0.3 is 5.63 Å². The first-order valence-corrected chi connectivity index (χ1v) is 7.82. The summed E-state index contributed by atoms with van der Waals surface area (Å²) in [5.41, 5.74) is 2.99. The van der Waals surface area contributed by atoms with Gasteiger partial charge in [-0.25, -0.2) is 4.79 Å². The van der Waals surface area contributed by atoms with Gasteiger partial charge in [-0.3, -0.25) is 0 Å². The highest BCUT2D eigenvalue weighted by molar-refractivity contribution is 6.42. The molecule has 0 aliphatic heterocycles. The molecule has 0 amide bonds. The van der Waals surface area contributed by atoms with Crippen molar-refractivity contribution in [3.63, 3.8) is 0 Å². The van der Waals surface area contributed by atoms with Crippen LogP contribution in [0.25, 0.3) is 11.0 Å². The summed E-state index contributed by atoms with van der Waals surface area (Å²) in [6.45, 7) is 3.68. The third-order valence-corrected chi connectivity index (χ3v) is 4.71. The molecule has 0 aliphatic carbocycles. The molecule has 0 fully saturated rings. The van der Waals surface area contributed by atoms with Crippen LogP contribution in [0.1, 0.15) is 22.3 Å². The van der Waals surface area contributed by atoms with Crippen LogP contribution in [0, 0.1) is 13.8 Å². The maximum Gasteiger partial charge on any atom is 0.340 e. The van der Waals surface area contributed by atoms with Gasteiger partial charge in [0.15, 0.2) is 0 Å². The molecule has 5 heteroatoms. The van der Waals surface area contributed by atoms with Gasteiger partial charge in [-0.1, -0.05) is 29.3 Å². The molecule has 0 atom stereocenters. The van der Waals surface area contributed by atoms with E-state index in [1.165, 1.54) is 6.07 Å². The molecule has 3 nitrogen and oxygen atoms in total. The lowest BCUT2D eigenvalue weighted by molar-refractivity contribution is 0.468. The molecule has 2 aromatic carbocycles. The first-order valence-electron chi connectivity index (χ1n) is 7.06. The Morgan fingerprint density at radius 3 is 2.52 bits per heavy atom. The zero-order chi connectivity index (χ0) is 16.7. The Hall–Kier alpha value is -1.97. The van der Waals surface area contributed by atoms with Crippen molar-refractivity contribution in [3.05, 3.63) is 73.1 Å². The summed E-state index contributed by atoms with van der Waals surface area (Å²) in [7, 11) is 0. The maximum atomic E-state index is 12.3. The van der Waals surface area contributed by atoms with E-state index in [0.717, 1.165) is 22.1 Å². The highest BCUT2D eigenvalue weighted by Crippen LogP contribution is 2.28. The topological polar surface area (TPSA) is 50.4 Å². The molecule has 0 saturated carbocycles. The van der Waals surface area contributed by atoms with E-state index in [2.05, 4.69) is 0 Å². The first-order chi connectivity index (χ1) is 10.9. The van der Waals surface area contributed by atoms with E-state index in [1.54, 1.807) is 19.1 Å². The molecule has 1 N–H and O–H groups in total. The highest BCUT2D eigenvalue weighted by Gasteiger charge is 2.14. The second kappa shape index (κ2) is 5.91. The standard InChI is InChI=1S/C18H14Cl2O3/c1-9-5-12-10(2)13(18(22)23-17(12)8-16(9)21)6-11-3-4-14(19)15(20)7-11/h3-5,7-8,21H,6H2,1-2H3. The Labute approximate surface area is 143 Å². The largest absolute Gasteiger partial charge is 0.508 e. The van der Waals surface area contributed by atoms with Crippen LogP contribution in [0.3, 0.4) is 0 Å². The molecule has 0 aliphatic rings. The summed E-state index contributed by atoms with van der Waals surface area (Å²) in [5.74, 6) is 0.109. The Morgan fingerprint density at radius 1 is 1.09 bits per heavy atom. The molecule has 0 bridgehead atoms. The van der Waals surface area contributed by atoms with Crippen molar-refractivity contribution in [2.45, 2.75) is 20.3 Å². The van der Waals surface area contributed by atoms with Crippen LogP contribution in [0.4, 0.5) is 0 Å². The average Bonchev–Trinajstić information content (AvgIpc) is 2.49. The number of phenols is 1. The molecular formula is C18H14Cl2O3. The zero-order valence-electron chi connectivity index (χ0n) is 12.6. The number of aryl methyl sites for hydroxylation is 2. The van der Waals surface area contributed by atoms with Crippen molar-refractivity contribution in [1.29, 1.82) is 0 Å². The molecule has 3 rings (SSSR count). The minimum atomic E-state index is -0.413. The molecule has 23 heavy (non-hydrogen) atoms. The van der Waals surface area contributed by atoms with Gasteiger partial charge in [0, 0.05) is 23.4 Å². The molecule has 118 valence electrons. The third kappa shape index (κ3) is 2.94. The minimum Gasteiger partial charge on any atom is -0.508 e. The number of hydrogen-bond acceptors (Lipinski definition) is 3. The summed E-state index contributed by atoms with van der Waals surface area (Å²) >= 11 is 12.0. The van der Waals surface area contributed by atoms with Crippen LogP contribution in [0.15, 0.2) is 39.5 Å². The molecule has 0 spiro atoms. The van der Waals surface area contributed by atoms with Crippen LogP contribution in [0.5, 0.6) is 5.75 Å². The Morgan fingerprint density at radius 2 is 1.83 bits per heavy atom. The van der Waals surface area contributed by atoms with Gasteiger partial charge in [0.2, 0.25) is 0 Å². The number of aromatic hydroxyl groups is 1. The molecule has 1 heterocycles. The lowest BCUT2D eigenvalue weighted by atomic mass is 9.98. The van der Waals surface area contributed by atoms with Crippen LogP contribution in [0.2, 0.25) is 10.0 Å². The van der Waals surface area contributed by atoms with Crippen LogP contribution >= 0.6 is 23.2 Å². The lowest BCUT2D eigenvalue weighted by Gasteiger charge is -2.10.